The number of furan rings is 1. The summed E-state index contributed by atoms with van der Waals surface area (Å²) in [5.41, 5.74) is 11.3. The Labute approximate surface area is 332 Å². The molecule has 8 rings (SSSR count). The van der Waals surface area contributed by atoms with E-state index in [4.69, 9.17) is 9.40 Å². The molecule has 0 unspecified atom stereocenters. The maximum Gasteiger partial charge on any atom is 0 e. The second kappa shape index (κ2) is 17.5. The van der Waals surface area contributed by atoms with Crippen LogP contribution in [0.1, 0.15) is 74.1 Å². The van der Waals surface area contributed by atoms with Crippen LogP contribution < -0.4 is 4.40 Å². The van der Waals surface area contributed by atoms with E-state index < -0.39 is 13.3 Å². The molecule has 3 nitrogen and oxygen atoms in total. The van der Waals surface area contributed by atoms with Crippen molar-refractivity contribution in [2.75, 3.05) is 0 Å². The van der Waals surface area contributed by atoms with Gasteiger partial charge in [-0.3, -0.25) is 0 Å². The van der Waals surface area contributed by atoms with Crippen LogP contribution in [-0.4, -0.2) is 23.2 Å². The molecule has 0 amide bonds. The summed E-state index contributed by atoms with van der Waals surface area (Å²) in [5, 5.41) is 2.31. The number of pyridine rings is 2. The van der Waals surface area contributed by atoms with Crippen molar-refractivity contribution in [3.8, 4) is 22.5 Å². The Bertz CT molecular complexity index is 2250. The van der Waals surface area contributed by atoms with Crippen LogP contribution in [-0.2, 0) is 32.9 Å². The van der Waals surface area contributed by atoms with Crippen LogP contribution in [0.5, 0.6) is 0 Å². The van der Waals surface area contributed by atoms with Gasteiger partial charge in [0.1, 0.15) is 5.58 Å². The monoisotopic (exact) mass is 937 g/mol. The molecule has 7 aromatic rings. The van der Waals surface area contributed by atoms with Gasteiger partial charge in [0, 0.05) is 31.7 Å². The minimum absolute atomic E-state index is 0. The van der Waals surface area contributed by atoms with Crippen LogP contribution in [0, 0.1) is 18.1 Å². The van der Waals surface area contributed by atoms with E-state index in [0.717, 1.165) is 63.2 Å². The molecule has 1 radical (unpaired) electrons. The van der Waals surface area contributed by atoms with Gasteiger partial charge in [-0.2, -0.15) is 0 Å². The Hall–Kier alpha value is -3.83. The van der Waals surface area contributed by atoms with E-state index >= 15 is 0 Å². The zero-order valence-electron chi connectivity index (χ0n) is 31.7. The van der Waals surface area contributed by atoms with Crippen LogP contribution >= 0.6 is 0 Å². The number of hydrogen-bond donors (Lipinski definition) is 0. The van der Waals surface area contributed by atoms with E-state index in [1.54, 1.807) is 0 Å². The Morgan fingerprint density at radius 3 is 2.28 bits per heavy atom. The average Bonchev–Trinajstić information content (AvgIpc) is 3.54. The Morgan fingerprint density at radius 1 is 0.755 bits per heavy atom. The Kier molecular flexibility index (Phi) is 12.9. The van der Waals surface area contributed by atoms with Crippen LogP contribution in [0.4, 0.5) is 0 Å². The number of nitrogens with zero attached hydrogens (tertiary/aromatic N) is 2. The van der Waals surface area contributed by atoms with Gasteiger partial charge in [0.2, 0.25) is 0 Å². The molecule has 1 aliphatic carbocycles. The second-order valence-electron chi connectivity index (χ2n) is 15.8. The molecule has 3 heterocycles. The van der Waals surface area contributed by atoms with E-state index in [-0.39, 0.29) is 20.1 Å². The van der Waals surface area contributed by atoms with Crippen LogP contribution in [0.2, 0.25) is 17.3 Å². The van der Waals surface area contributed by atoms with Crippen molar-refractivity contribution in [1.29, 1.82) is 0 Å². The van der Waals surface area contributed by atoms with Crippen molar-refractivity contribution >= 4 is 39.6 Å². The summed E-state index contributed by atoms with van der Waals surface area (Å²) in [6.07, 6.45) is 13.1. The molecule has 5 heteroatoms. The molecule has 0 aliphatic heterocycles. The fourth-order valence-electron chi connectivity index (χ4n) is 7.60. The van der Waals surface area contributed by atoms with Crippen LogP contribution in [0.25, 0.3) is 44.5 Å². The fraction of sp³-hybridized carbons (Fsp3) is 0.292. The van der Waals surface area contributed by atoms with E-state index in [2.05, 4.69) is 133 Å². The first-order valence-corrected chi connectivity index (χ1v) is 26.4. The van der Waals surface area contributed by atoms with Crippen molar-refractivity contribution in [2.24, 2.45) is 5.92 Å². The minimum atomic E-state index is -1.96. The molecule has 1 fully saturated rings. The molecule has 1 saturated carbocycles. The summed E-state index contributed by atoms with van der Waals surface area (Å²) in [4.78, 5) is 9.41. The van der Waals surface area contributed by atoms with Crippen molar-refractivity contribution in [3.63, 3.8) is 0 Å². The molecular weight excluding hydrogens is 885 g/mol. The summed E-state index contributed by atoms with van der Waals surface area (Å²) >= 11 is -1.96. The van der Waals surface area contributed by atoms with Gasteiger partial charge in [0.05, 0.1) is 5.58 Å². The summed E-state index contributed by atoms with van der Waals surface area (Å²) in [6, 6.07) is 42.8. The van der Waals surface area contributed by atoms with Gasteiger partial charge in [0.25, 0.3) is 0 Å². The van der Waals surface area contributed by atoms with Gasteiger partial charge in [-0.25, -0.2) is 0 Å². The number of fused-ring (bicyclic) bond motifs is 3. The number of aromatic nitrogens is 2. The fourth-order valence-corrected chi connectivity index (χ4v) is 10.9. The maximum absolute atomic E-state index is 6.35. The van der Waals surface area contributed by atoms with Gasteiger partial charge in [-0.05, 0) is 41.6 Å². The number of rotatable bonds is 8. The predicted octanol–water partition coefficient (Wildman–Crippen LogP) is 12.4. The van der Waals surface area contributed by atoms with Crippen molar-refractivity contribution in [1.82, 2.24) is 9.97 Å². The Balaban J connectivity index is 0.000000183. The van der Waals surface area contributed by atoms with E-state index in [0.29, 0.717) is 5.92 Å². The number of hydrogen-bond acceptors (Lipinski definition) is 3. The smallest absolute Gasteiger partial charge is 0 e. The Morgan fingerprint density at radius 2 is 1.55 bits per heavy atom. The molecule has 0 N–H and O–H groups in total. The van der Waals surface area contributed by atoms with Gasteiger partial charge in [-0.15, -0.1) is 18.2 Å². The largest absolute Gasteiger partial charge is 0 e. The average molecular weight is 936 g/mol. The summed E-state index contributed by atoms with van der Waals surface area (Å²) in [6.45, 7) is 4.43. The molecule has 53 heavy (non-hydrogen) atoms. The first kappa shape index (κ1) is 38.9. The quantitative estimate of drug-likeness (QED) is 0.113. The van der Waals surface area contributed by atoms with Crippen LogP contribution in [0.15, 0.2) is 120 Å². The third kappa shape index (κ3) is 9.46. The number of benzene rings is 4. The topological polar surface area (TPSA) is 38.9 Å². The van der Waals surface area contributed by atoms with Gasteiger partial charge >= 0.3 is 142 Å². The molecule has 3 aromatic heterocycles. The molecular formula is C48H50GeIrN2O-2. The predicted molar refractivity (Wildman–Crippen MR) is 221 cm³/mol. The molecule has 0 spiro atoms. The van der Waals surface area contributed by atoms with Crippen molar-refractivity contribution in [3.05, 3.63) is 150 Å². The molecule has 0 atom stereocenters. The molecule has 0 saturated heterocycles. The zero-order chi connectivity index (χ0) is 36.1. The molecule has 0 bridgehead atoms. The van der Waals surface area contributed by atoms with Gasteiger partial charge in [-0.1, -0.05) is 80.7 Å². The zero-order valence-corrected chi connectivity index (χ0v) is 36.2. The molecule has 1 aliphatic rings. The van der Waals surface area contributed by atoms with Gasteiger partial charge < -0.3 is 9.40 Å². The van der Waals surface area contributed by atoms with E-state index in [1.807, 2.05) is 30.5 Å². The first-order valence-electron chi connectivity index (χ1n) is 19.1. The van der Waals surface area contributed by atoms with Crippen LogP contribution in [0.3, 0.4) is 0 Å². The SMILES string of the molecule is CC(C)c1ccc2c(c1)oc1c(-c3cc(CC4CCCCC4)ccn3)[c-]ccc12.[CH3][Ge]([CH3])([CH3])[c]1cnc(-c2[c-]cccc2)cc1Cc1ccccc1.[Ir]. The summed E-state index contributed by atoms with van der Waals surface area (Å²) in [7, 11) is 0. The second-order valence-corrected chi connectivity index (χ2v) is 26.4. The third-order valence-electron chi connectivity index (χ3n) is 10.5. The molecule has 4 aromatic carbocycles. The normalized spacial score (nSPS) is 13.5. The summed E-state index contributed by atoms with van der Waals surface area (Å²) < 4.78 is 7.84. The van der Waals surface area contributed by atoms with E-state index in [9.17, 15) is 0 Å². The van der Waals surface area contributed by atoms with Gasteiger partial charge in [0.15, 0.2) is 0 Å². The minimum Gasteiger partial charge on any atom is 0 e. The standard InChI is InChI=1S/C27H28NO.C21H22GeN.Ir/c1-18(2)21-11-12-22-23-9-6-10-24(27(23)29-26(22)17-21)25-16-20(13-14-28-25)15-19-7-4-3-5-8-19;1-22(2,3)20-16-23-21(18-12-8-5-9-13-18)15-19(20)14-17-10-6-4-7-11-17;/h6,9,11-14,16-19H,3-5,7-8,15H2,1-2H3;4-12,15-16H,14H2,1-3H3;/q2*-1;. The first-order chi connectivity index (χ1) is 25.2. The van der Waals surface area contributed by atoms with Crippen molar-refractivity contribution in [2.45, 2.75) is 82.0 Å². The molecule has 273 valence electrons. The van der Waals surface area contributed by atoms with Crippen molar-refractivity contribution < 1.29 is 24.5 Å². The van der Waals surface area contributed by atoms with E-state index in [1.165, 1.54) is 58.8 Å². The third-order valence-corrected chi connectivity index (χ3v) is 14.8. The summed E-state index contributed by atoms with van der Waals surface area (Å²) in [5.74, 6) is 8.59. The maximum atomic E-state index is 6.35.